The Labute approximate surface area is 132 Å². The Morgan fingerprint density at radius 2 is 1.26 bits per heavy atom. The second-order valence-corrected chi connectivity index (χ2v) is 7.66. The first-order valence-corrected chi connectivity index (χ1v) is 8.14. The maximum absolute atomic E-state index is 12.2. The Hall–Kier alpha value is -1.98. The van der Waals surface area contributed by atoms with Gasteiger partial charge in [0, 0.05) is 0 Å². The average Bonchev–Trinajstić information content (AvgIpc) is 2.87. The number of ether oxygens (including phenoxy) is 2. The van der Waals surface area contributed by atoms with Crippen molar-refractivity contribution in [3.63, 3.8) is 0 Å². The Morgan fingerprint density at radius 1 is 0.739 bits per heavy atom. The lowest BCUT2D eigenvalue weighted by Gasteiger charge is -2.61. The highest BCUT2D eigenvalue weighted by Crippen LogP contribution is 2.69. The van der Waals surface area contributed by atoms with Gasteiger partial charge in [0.05, 0.1) is 23.7 Å². The fourth-order valence-corrected chi connectivity index (χ4v) is 5.94. The molecule has 0 aromatic rings. The van der Waals surface area contributed by atoms with Crippen LogP contribution in [0.1, 0.15) is 13.8 Å². The number of esters is 4. The topological polar surface area (TPSA) is 86.7 Å². The second-order valence-electron chi connectivity index (χ2n) is 7.66. The zero-order chi connectivity index (χ0) is 16.2. The molecule has 4 aliphatic carbocycles. The van der Waals surface area contributed by atoms with Gasteiger partial charge in [0.1, 0.15) is 0 Å². The van der Waals surface area contributed by atoms with Gasteiger partial charge in [-0.3, -0.25) is 19.2 Å². The van der Waals surface area contributed by atoms with Gasteiger partial charge >= 0.3 is 23.9 Å². The summed E-state index contributed by atoms with van der Waals surface area (Å²) in [7, 11) is 0. The fraction of sp³-hybridized carbons (Fsp3) is 0.647. The number of allylic oxidation sites excluding steroid dienone is 2. The quantitative estimate of drug-likeness (QED) is 0.402. The van der Waals surface area contributed by atoms with E-state index in [4.69, 9.17) is 9.47 Å². The van der Waals surface area contributed by atoms with Crippen LogP contribution in [0.2, 0.25) is 0 Å². The van der Waals surface area contributed by atoms with Crippen LogP contribution in [0, 0.1) is 53.3 Å². The van der Waals surface area contributed by atoms with Crippen molar-refractivity contribution in [3.05, 3.63) is 11.6 Å². The second kappa shape index (κ2) is 3.91. The third kappa shape index (κ3) is 1.33. The van der Waals surface area contributed by atoms with Crippen LogP contribution in [0.5, 0.6) is 0 Å². The first kappa shape index (κ1) is 13.5. The molecule has 6 aliphatic rings. The van der Waals surface area contributed by atoms with Crippen LogP contribution in [0.25, 0.3) is 0 Å². The van der Waals surface area contributed by atoms with Gasteiger partial charge < -0.3 is 9.47 Å². The minimum absolute atomic E-state index is 0.0776. The Morgan fingerprint density at radius 3 is 1.87 bits per heavy atom. The van der Waals surface area contributed by atoms with Gasteiger partial charge in [-0.1, -0.05) is 25.5 Å². The molecule has 0 amide bonds. The molecule has 8 unspecified atom stereocenters. The zero-order valence-corrected chi connectivity index (χ0v) is 12.7. The molecule has 4 fully saturated rings. The fourth-order valence-electron chi connectivity index (χ4n) is 5.94. The SMILES string of the molecule is CC(C)C1=CC2C3C(=O)OC(=O)C3C1C1C3C(=O)OC(=O)C3C21. The van der Waals surface area contributed by atoms with E-state index in [2.05, 4.69) is 6.08 Å². The summed E-state index contributed by atoms with van der Waals surface area (Å²) in [5.74, 6) is -4.11. The van der Waals surface area contributed by atoms with Gasteiger partial charge in [0.15, 0.2) is 0 Å². The normalized spacial score (nSPS) is 49.3. The molecule has 120 valence electrons. The number of cyclic esters (lactones) is 4. The molecule has 6 rings (SSSR count). The molecule has 0 aromatic heterocycles. The number of rotatable bonds is 1. The number of carbonyl (C=O) groups is 4. The molecule has 0 spiro atoms. The maximum atomic E-state index is 12.2. The monoisotopic (exact) mass is 316 g/mol. The van der Waals surface area contributed by atoms with Crippen LogP contribution in [0.15, 0.2) is 11.6 Å². The summed E-state index contributed by atoms with van der Waals surface area (Å²) in [5.41, 5.74) is 1.12. The number of fused-ring (bicyclic) bond motifs is 1. The van der Waals surface area contributed by atoms with Crippen LogP contribution < -0.4 is 0 Å². The summed E-state index contributed by atoms with van der Waals surface area (Å²) in [4.78, 5) is 48.4. The van der Waals surface area contributed by atoms with E-state index in [1.807, 2.05) is 13.8 Å². The van der Waals surface area contributed by atoms with Crippen molar-refractivity contribution >= 4 is 23.9 Å². The van der Waals surface area contributed by atoms with Crippen LogP contribution in [0.4, 0.5) is 0 Å². The van der Waals surface area contributed by atoms with Gasteiger partial charge in [0.25, 0.3) is 0 Å². The zero-order valence-electron chi connectivity index (χ0n) is 12.7. The summed E-state index contributed by atoms with van der Waals surface area (Å²) >= 11 is 0. The Kier molecular flexibility index (Phi) is 2.29. The van der Waals surface area contributed by atoms with Gasteiger partial charge in [-0.25, -0.2) is 0 Å². The molecule has 0 aromatic carbocycles. The van der Waals surface area contributed by atoms with E-state index in [-0.39, 0.29) is 29.6 Å². The van der Waals surface area contributed by atoms with E-state index in [0.29, 0.717) is 0 Å². The molecule has 6 heteroatoms. The third-order valence-electron chi connectivity index (χ3n) is 6.64. The molecule has 0 N–H and O–H groups in total. The molecule has 6 nitrogen and oxygen atoms in total. The number of carbonyl (C=O) groups excluding carboxylic acids is 4. The third-order valence-corrected chi connectivity index (χ3v) is 6.64. The van der Waals surface area contributed by atoms with Crippen molar-refractivity contribution in [2.24, 2.45) is 53.3 Å². The summed E-state index contributed by atoms with van der Waals surface area (Å²) in [6.07, 6.45) is 2.07. The summed E-state index contributed by atoms with van der Waals surface area (Å²) in [5, 5.41) is 0. The van der Waals surface area contributed by atoms with Crippen molar-refractivity contribution < 1.29 is 28.7 Å². The van der Waals surface area contributed by atoms with Gasteiger partial charge in [-0.15, -0.1) is 0 Å². The minimum atomic E-state index is -0.499. The molecule has 2 heterocycles. The number of hydrogen-bond acceptors (Lipinski definition) is 6. The predicted octanol–water partition coefficient (Wildman–Crippen LogP) is 0.706. The van der Waals surface area contributed by atoms with Gasteiger partial charge in [0.2, 0.25) is 0 Å². The van der Waals surface area contributed by atoms with Crippen molar-refractivity contribution in [3.8, 4) is 0 Å². The summed E-state index contributed by atoms with van der Waals surface area (Å²) in [6.45, 7) is 4.10. The smallest absolute Gasteiger partial charge is 0.318 e. The summed E-state index contributed by atoms with van der Waals surface area (Å²) in [6, 6.07) is 0. The molecular weight excluding hydrogens is 300 g/mol. The lowest BCUT2D eigenvalue weighted by Crippen LogP contribution is -2.64. The molecule has 2 bridgehead atoms. The predicted molar refractivity (Wildman–Crippen MR) is 73.0 cm³/mol. The van der Waals surface area contributed by atoms with Crippen LogP contribution >= 0.6 is 0 Å². The molecule has 0 radical (unpaired) electrons. The average molecular weight is 316 g/mol. The van der Waals surface area contributed by atoms with Crippen LogP contribution in [-0.2, 0) is 28.7 Å². The van der Waals surface area contributed by atoms with E-state index >= 15 is 0 Å². The molecular formula is C17H16O6. The number of hydrogen-bond donors (Lipinski definition) is 0. The highest BCUT2D eigenvalue weighted by atomic mass is 16.6. The standard InChI is InChI=1S/C17H16O6/c1-4(2)5-3-6-8-10(13-12(8)16(20)23-17(13)21)7(5)11-9(6)14(18)22-15(11)19/h3-4,6-13H,1-2H3. The van der Waals surface area contributed by atoms with E-state index in [1.54, 1.807) is 0 Å². The highest BCUT2D eigenvalue weighted by molar-refractivity contribution is 6.01. The van der Waals surface area contributed by atoms with Crippen molar-refractivity contribution in [2.75, 3.05) is 0 Å². The van der Waals surface area contributed by atoms with E-state index in [0.717, 1.165) is 5.57 Å². The van der Waals surface area contributed by atoms with Gasteiger partial charge in [-0.2, -0.15) is 0 Å². The first-order valence-electron chi connectivity index (χ1n) is 8.14. The van der Waals surface area contributed by atoms with Crippen molar-refractivity contribution in [1.29, 1.82) is 0 Å². The van der Waals surface area contributed by atoms with Crippen LogP contribution in [-0.4, -0.2) is 23.9 Å². The molecule has 8 atom stereocenters. The summed E-state index contributed by atoms with van der Waals surface area (Å²) < 4.78 is 9.74. The van der Waals surface area contributed by atoms with Gasteiger partial charge in [-0.05, 0) is 29.6 Å². The van der Waals surface area contributed by atoms with Crippen molar-refractivity contribution in [1.82, 2.24) is 0 Å². The van der Waals surface area contributed by atoms with E-state index in [1.165, 1.54) is 0 Å². The Balaban J connectivity index is 1.67. The molecule has 2 saturated heterocycles. The van der Waals surface area contributed by atoms with E-state index < -0.39 is 47.5 Å². The lowest BCUT2D eigenvalue weighted by molar-refractivity contribution is -0.169. The first-order chi connectivity index (χ1) is 10.9. The molecule has 23 heavy (non-hydrogen) atoms. The minimum Gasteiger partial charge on any atom is -0.393 e. The van der Waals surface area contributed by atoms with Crippen molar-refractivity contribution in [2.45, 2.75) is 13.8 Å². The largest absolute Gasteiger partial charge is 0.393 e. The van der Waals surface area contributed by atoms with Crippen LogP contribution in [0.3, 0.4) is 0 Å². The highest BCUT2D eigenvalue weighted by Gasteiger charge is 2.75. The maximum Gasteiger partial charge on any atom is 0.318 e. The van der Waals surface area contributed by atoms with E-state index in [9.17, 15) is 19.2 Å². The lowest BCUT2D eigenvalue weighted by atomic mass is 9.38. The molecule has 2 saturated carbocycles. The molecule has 2 aliphatic heterocycles. The Bertz CT molecular complexity index is 719.